The van der Waals surface area contributed by atoms with Gasteiger partial charge in [-0.25, -0.2) is 4.79 Å². The number of nitrogens with one attached hydrogen (secondary N) is 3. The molecule has 0 spiro atoms. The Bertz CT molecular complexity index is 451. The number of carbonyl (C=O) groups is 3. The molecule has 25 heavy (non-hydrogen) atoms. The number of hydrogen-bond acceptors (Lipinski definition) is 6. The first-order chi connectivity index (χ1) is 12.2. The predicted molar refractivity (Wildman–Crippen MR) is 94.7 cm³/mol. The van der Waals surface area contributed by atoms with Crippen LogP contribution in [0.4, 0.5) is 4.79 Å². The summed E-state index contributed by atoms with van der Waals surface area (Å²) in [6.45, 7) is 1.79. The third-order valence-electron chi connectivity index (χ3n) is 4.21. The Hall–Kier alpha value is -1.32. The maximum absolute atomic E-state index is 11.7. The zero-order valence-corrected chi connectivity index (χ0v) is 15.1. The van der Waals surface area contributed by atoms with Gasteiger partial charge in [-0.2, -0.15) is 11.8 Å². The first-order valence-corrected chi connectivity index (χ1v) is 9.80. The van der Waals surface area contributed by atoms with Gasteiger partial charge in [-0.1, -0.05) is 6.42 Å². The van der Waals surface area contributed by atoms with Gasteiger partial charge >= 0.3 is 6.03 Å². The summed E-state index contributed by atoms with van der Waals surface area (Å²) in [4.78, 5) is 33.1. The molecule has 0 radical (unpaired) electrons. The molecule has 2 heterocycles. The molecule has 3 N–H and O–H groups in total. The van der Waals surface area contributed by atoms with Crippen molar-refractivity contribution < 1.29 is 23.9 Å². The van der Waals surface area contributed by atoms with E-state index in [4.69, 9.17) is 9.47 Å². The highest BCUT2D eigenvalue weighted by Crippen LogP contribution is 2.33. The lowest BCUT2D eigenvalue weighted by molar-refractivity contribution is -0.121. The molecule has 9 heteroatoms. The number of unbranched alkanes of at least 4 members (excludes halogenated alkanes) is 1. The molecular formula is C16H27N3O5S. The number of aldehydes is 1. The van der Waals surface area contributed by atoms with Crippen molar-refractivity contribution in [3.05, 3.63) is 0 Å². The number of fused-ring (bicyclic) bond motifs is 1. The van der Waals surface area contributed by atoms with Crippen LogP contribution in [-0.4, -0.2) is 74.3 Å². The van der Waals surface area contributed by atoms with Crippen LogP contribution in [-0.2, 0) is 19.1 Å². The third kappa shape index (κ3) is 7.21. The van der Waals surface area contributed by atoms with Crippen molar-refractivity contribution in [3.63, 3.8) is 0 Å². The van der Waals surface area contributed by atoms with Crippen molar-refractivity contribution >= 4 is 30.0 Å². The minimum absolute atomic E-state index is 0.0357. The van der Waals surface area contributed by atoms with Crippen LogP contribution in [0.5, 0.6) is 0 Å². The highest BCUT2D eigenvalue weighted by atomic mass is 32.2. The second-order valence-corrected chi connectivity index (χ2v) is 7.34. The van der Waals surface area contributed by atoms with E-state index in [-0.39, 0.29) is 30.6 Å². The minimum atomic E-state index is -0.0582. The summed E-state index contributed by atoms with van der Waals surface area (Å²) in [5, 5.41) is 9.18. The van der Waals surface area contributed by atoms with Gasteiger partial charge in [-0.05, 0) is 12.8 Å². The zero-order valence-electron chi connectivity index (χ0n) is 14.3. The number of amides is 3. The summed E-state index contributed by atoms with van der Waals surface area (Å²) < 4.78 is 10.2. The fourth-order valence-corrected chi connectivity index (χ4v) is 4.52. The lowest BCUT2D eigenvalue weighted by Gasteiger charge is -2.16. The Balaban J connectivity index is 1.41. The SMILES string of the molecule is O=CCOCCOCCNC(=O)CCCCC1SC[C@H]2NC(=O)N[C@@H]12. The molecule has 2 fully saturated rings. The van der Waals surface area contributed by atoms with E-state index < -0.39 is 0 Å². The van der Waals surface area contributed by atoms with Crippen LogP contribution in [0.2, 0.25) is 0 Å². The lowest BCUT2D eigenvalue weighted by atomic mass is 10.0. The van der Waals surface area contributed by atoms with Gasteiger partial charge in [0.1, 0.15) is 12.9 Å². The van der Waals surface area contributed by atoms with Crippen molar-refractivity contribution in [2.45, 2.75) is 43.0 Å². The Morgan fingerprint density at radius 3 is 2.92 bits per heavy atom. The topological polar surface area (TPSA) is 106 Å². The van der Waals surface area contributed by atoms with E-state index >= 15 is 0 Å². The number of ether oxygens (including phenoxy) is 2. The van der Waals surface area contributed by atoms with E-state index in [0.717, 1.165) is 25.0 Å². The van der Waals surface area contributed by atoms with Gasteiger partial charge in [-0.15, -0.1) is 0 Å². The van der Waals surface area contributed by atoms with Crippen LogP contribution in [0.25, 0.3) is 0 Å². The summed E-state index contributed by atoms with van der Waals surface area (Å²) in [6.07, 6.45) is 4.06. The highest BCUT2D eigenvalue weighted by Gasteiger charge is 2.42. The molecule has 0 aliphatic carbocycles. The summed E-state index contributed by atoms with van der Waals surface area (Å²) in [5.74, 6) is 1.00. The summed E-state index contributed by atoms with van der Waals surface area (Å²) in [7, 11) is 0. The van der Waals surface area contributed by atoms with Crippen LogP contribution in [0.15, 0.2) is 0 Å². The van der Waals surface area contributed by atoms with Crippen LogP contribution in [0, 0.1) is 0 Å². The van der Waals surface area contributed by atoms with Gasteiger partial charge in [0.2, 0.25) is 5.91 Å². The molecule has 2 aliphatic rings. The first-order valence-electron chi connectivity index (χ1n) is 8.75. The number of thioether (sulfide) groups is 1. The summed E-state index contributed by atoms with van der Waals surface area (Å²) >= 11 is 1.90. The Kier molecular flexibility index (Phi) is 9.06. The second kappa shape index (κ2) is 11.3. The van der Waals surface area contributed by atoms with E-state index in [1.165, 1.54) is 0 Å². The molecule has 3 atom stereocenters. The number of urea groups is 1. The van der Waals surface area contributed by atoms with Crippen molar-refractivity contribution in [3.8, 4) is 0 Å². The highest BCUT2D eigenvalue weighted by molar-refractivity contribution is 8.00. The molecule has 1 unspecified atom stereocenters. The normalized spacial score (nSPS) is 24.5. The van der Waals surface area contributed by atoms with E-state index in [0.29, 0.717) is 44.3 Å². The fraction of sp³-hybridized carbons (Fsp3) is 0.812. The molecule has 0 aromatic rings. The van der Waals surface area contributed by atoms with E-state index in [1.807, 2.05) is 11.8 Å². The van der Waals surface area contributed by atoms with Crippen LogP contribution >= 0.6 is 11.8 Å². The second-order valence-electron chi connectivity index (χ2n) is 6.07. The Morgan fingerprint density at radius 2 is 2.08 bits per heavy atom. The summed E-state index contributed by atoms with van der Waals surface area (Å²) in [6, 6.07) is 0.436. The summed E-state index contributed by atoms with van der Waals surface area (Å²) in [5.41, 5.74) is 0. The van der Waals surface area contributed by atoms with Gasteiger partial charge < -0.3 is 30.2 Å². The van der Waals surface area contributed by atoms with Crippen molar-refractivity contribution in [1.29, 1.82) is 0 Å². The molecule has 8 nitrogen and oxygen atoms in total. The molecule has 0 bridgehead atoms. The number of hydrogen-bond donors (Lipinski definition) is 3. The van der Waals surface area contributed by atoms with Crippen molar-refractivity contribution in [1.82, 2.24) is 16.0 Å². The quantitative estimate of drug-likeness (QED) is 0.240. The maximum atomic E-state index is 11.7. The van der Waals surface area contributed by atoms with Crippen molar-refractivity contribution in [2.24, 2.45) is 0 Å². The lowest BCUT2D eigenvalue weighted by Crippen LogP contribution is -2.36. The van der Waals surface area contributed by atoms with E-state index in [9.17, 15) is 14.4 Å². The standard InChI is InChI=1S/C16H27N3O5S/c20-6-8-24-10-9-23-7-5-17-14(21)4-2-1-3-13-15-12(11-25-13)18-16(22)19-15/h6,12-13,15H,1-5,7-11H2,(H,17,21)(H2,18,19,22)/t12-,13?,15-/m1/s1. The monoisotopic (exact) mass is 373 g/mol. The Morgan fingerprint density at radius 1 is 1.24 bits per heavy atom. The first kappa shape index (κ1) is 20.0. The van der Waals surface area contributed by atoms with Gasteiger partial charge in [0.05, 0.1) is 31.9 Å². The molecule has 142 valence electrons. The van der Waals surface area contributed by atoms with E-state index in [1.54, 1.807) is 0 Å². The maximum Gasteiger partial charge on any atom is 0.315 e. The van der Waals surface area contributed by atoms with Crippen molar-refractivity contribution in [2.75, 3.05) is 38.7 Å². The smallest absolute Gasteiger partial charge is 0.315 e. The molecule has 2 aliphatic heterocycles. The zero-order chi connectivity index (χ0) is 17.9. The molecule has 2 rings (SSSR count). The van der Waals surface area contributed by atoms with Gasteiger partial charge in [0.15, 0.2) is 0 Å². The largest absolute Gasteiger partial charge is 0.377 e. The van der Waals surface area contributed by atoms with Gasteiger partial charge in [0.25, 0.3) is 0 Å². The van der Waals surface area contributed by atoms with Crippen LogP contribution in [0.3, 0.4) is 0 Å². The van der Waals surface area contributed by atoms with Gasteiger partial charge in [-0.3, -0.25) is 4.79 Å². The molecule has 0 aromatic heterocycles. The average Bonchev–Trinajstić information content (AvgIpc) is 3.13. The fourth-order valence-electron chi connectivity index (χ4n) is 2.98. The third-order valence-corrected chi connectivity index (χ3v) is 5.72. The van der Waals surface area contributed by atoms with E-state index in [2.05, 4.69) is 16.0 Å². The predicted octanol–water partition coefficient (Wildman–Crippen LogP) is 0.0605. The number of rotatable bonds is 13. The van der Waals surface area contributed by atoms with Crippen LogP contribution < -0.4 is 16.0 Å². The number of carbonyl (C=O) groups excluding carboxylic acids is 3. The Labute approximate surface area is 152 Å². The average molecular weight is 373 g/mol. The van der Waals surface area contributed by atoms with Gasteiger partial charge in [0, 0.05) is 24.0 Å². The minimum Gasteiger partial charge on any atom is -0.377 e. The molecule has 3 amide bonds. The van der Waals surface area contributed by atoms with Crippen LogP contribution in [0.1, 0.15) is 25.7 Å². The molecule has 0 saturated carbocycles. The molecule has 0 aromatic carbocycles. The molecular weight excluding hydrogens is 346 g/mol. The molecule has 2 saturated heterocycles.